The minimum absolute atomic E-state index is 0.356. The summed E-state index contributed by atoms with van der Waals surface area (Å²) in [5, 5.41) is 3.36. The van der Waals surface area contributed by atoms with Crippen LogP contribution in [0.2, 0.25) is 0 Å². The lowest BCUT2D eigenvalue weighted by Gasteiger charge is -2.23. The smallest absolute Gasteiger partial charge is 0.119 e. The van der Waals surface area contributed by atoms with Crippen LogP contribution >= 0.6 is 0 Å². The molecule has 1 rings (SSSR count). The predicted molar refractivity (Wildman–Crippen MR) is 72.2 cm³/mol. The number of hydrogen-bond acceptors (Lipinski definition) is 3. The second-order valence-electron chi connectivity index (χ2n) is 4.32. The molecule has 3 N–H and O–H groups in total. The zero-order chi connectivity index (χ0) is 12.7. The summed E-state index contributed by atoms with van der Waals surface area (Å²) in [5.41, 5.74) is 6.90. The van der Waals surface area contributed by atoms with E-state index in [0.717, 1.165) is 18.7 Å². The first kappa shape index (κ1) is 14.0. The van der Waals surface area contributed by atoms with Gasteiger partial charge in [0, 0.05) is 6.04 Å². The van der Waals surface area contributed by atoms with E-state index in [1.165, 1.54) is 5.56 Å². The Labute approximate surface area is 104 Å². The lowest BCUT2D eigenvalue weighted by Crippen LogP contribution is -2.25. The van der Waals surface area contributed by atoms with E-state index in [2.05, 4.69) is 24.4 Å². The molecule has 0 radical (unpaired) electrons. The Balaban J connectivity index is 2.74. The molecule has 2 unspecified atom stereocenters. The van der Waals surface area contributed by atoms with Crippen LogP contribution in [0.4, 0.5) is 0 Å². The summed E-state index contributed by atoms with van der Waals surface area (Å²) >= 11 is 0. The van der Waals surface area contributed by atoms with Crippen molar-refractivity contribution in [3.8, 4) is 5.75 Å². The fourth-order valence-electron chi connectivity index (χ4n) is 2.15. The number of hydrogen-bond donors (Lipinski definition) is 2. The minimum atomic E-state index is 0.356. The van der Waals surface area contributed by atoms with Crippen LogP contribution in [0.25, 0.3) is 0 Å². The molecule has 0 heterocycles. The van der Waals surface area contributed by atoms with E-state index in [0.29, 0.717) is 18.6 Å². The molecule has 17 heavy (non-hydrogen) atoms. The molecular weight excluding hydrogens is 212 g/mol. The number of ether oxygens (including phenoxy) is 1. The second-order valence-corrected chi connectivity index (χ2v) is 4.32. The lowest BCUT2D eigenvalue weighted by atomic mass is 9.92. The molecule has 0 aromatic heterocycles. The van der Waals surface area contributed by atoms with Crippen LogP contribution in [-0.2, 0) is 0 Å². The number of benzene rings is 1. The first-order valence-corrected chi connectivity index (χ1v) is 6.33. The molecule has 0 aliphatic carbocycles. The lowest BCUT2D eigenvalue weighted by molar-refractivity contribution is 0.339. The normalized spacial score (nSPS) is 14.4. The van der Waals surface area contributed by atoms with Crippen LogP contribution < -0.4 is 15.8 Å². The molecule has 0 saturated carbocycles. The Bertz CT molecular complexity index is 311. The van der Waals surface area contributed by atoms with Crippen molar-refractivity contribution < 1.29 is 4.74 Å². The van der Waals surface area contributed by atoms with Gasteiger partial charge in [-0.25, -0.2) is 0 Å². The molecule has 1 aromatic carbocycles. The van der Waals surface area contributed by atoms with E-state index in [-0.39, 0.29) is 0 Å². The second kappa shape index (κ2) is 7.30. The van der Waals surface area contributed by atoms with Gasteiger partial charge in [-0.15, -0.1) is 0 Å². The number of rotatable bonds is 7. The number of nitrogens with one attached hydrogen (secondary N) is 1. The maximum absolute atomic E-state index is 5.62. The Morgan fingerprint density at radius 3 is 2.41 bits per heavy atom. The Morgan fingerprint density at radius 2 is 1.94 bits per heavy atom. The van der Waals surface area contributed by atoms with Crippen molar-refractivity contribution >= 4 is 0 Å². The van der Waals surface area contributed by atoms with Gasteiger partial charge in [0.1, 0.15) is 5.75 Å². The highest BCUT2D eigenvalue weighted by Gasteiger charge is 2.16. The molecule has 0 aliphatic rings. The predicted octanol–water partition coefficient (Wildman–Crippen LogP) is 2.33. The summed E-state index contributed by atoms with van der Waals surface area (Å²) in [7, 11) is 1.99. The summed E-state index contributed by atoms with van der Waals surface area (Å²) in [5.74, 6) is 1.46. The van der Waals surface area contributed by atoms with Gasteiger partial charge in [0.2, 0.25) is 0 Å². The molecule has 3 heteroatoms. The van der Waals surface area contributed by atoms with Crippen LogP contribution in [0.3, 0.4) is 0 Å². The van der Waals surface area contributed by atoms with Crippen LogP contribution in [0.15, 0.2) is 24.3 Å². The molecule has 0 fully saturated rings. The quantitative estimate of drug-likeness (QED) is 0.764. The van der Waals surface area contributed by atoms with Crippen molar-refractivity contribution in [1.29, 1.82) is 0 Å². The monoisotopic (exact) mass is 236 g/mol. The van der Waals surface area contributed by atoms with Crippen molar-refractivity contribution in [2.45, 2.75) is 26.3 Å². The summed E-state index contributed by atoms with van der Waals surface area (Å²) in [6.45, 7) is 5.66. The highest BCUT2D eigenvalue weighted by molar-refractivity contribution is 5.29. The highest BCUT2D eigenvalue weighted by Crippen LogP contribution is 2.25. The first-order valence-electron chi connectivity index (χ1n) is 6.33. The van der Waals surface area contributed by atoms with Crippen LogP contribution in [0.1, 0.15) is 31.9 Å². The Kier molecular flexibility index (Phi) is 6.01. The first-order chi connectivity index (χ1) is 8.22. The topological polar surface area (TPSA) is 47.3 Å². The molecular formula is C14H24N2O. The molecule has 3 nitrogen and oxygen atoms in total. The standard InChI is InChI=1S/C14H24N2O/c1-4-17-13-7-5-12(6-8-13)14(16-3)11(2)9-10-15/h5-8,11,14,16H,4,9-10,15H2,1-3H3. The maximum atomic E-state index is 5.62. The summed E-state index contributed by atoms with van der Waals surface area (Å²) in [6.07, 6.45) is 1.03. The molecule has 0 spiro atoms. The van der Waals surface area contributed by atoms with Crippen LogP contribution in [0, 0.1) is 5.92 Å². The van der Waals surface area contributed by atoms with Gasteiger partial charge in [-0.2, -0.15) is 0 Å². The van der Waals surface area contributed by atoms with Crippen molar-refractivity contribution in [1.82, 2.24) is 5.32 Å². The summed E-state index contributed by atoms with van der Waals surface area (Å²) in [4.78, 5) is 0. The van der Waals surface area contributed by atoms with Gasteiger partial charge < -0.3 is 15.8 Å². The summed E-state index contributed by atoms with van der Waals surface area (Å²) < 4.78 is 5.44. The van der Waals surface area contributed by atoms with Gasteiger partial charge in [-0.05, 0) is 50.6 Å². The molecule has 0 aliphatic heterocycles. The van der Waals surface area contributed by atoms with Crippen LogP contribution in [0.5, 0.6) is 5.75 Å². The van der Waals surface area contributed by atoms with E-state index in [1.54, 1.807) is 0 Å². The molecule has 96 valence electrons. The van der Waals surface area contributed by atoms with Crippen LogP contribution in [-0.4, -0.2) is 20.2 Å². The molecule has 2 atom stereocenters. The van der Waals surface area contributed by atoms with Gasteiger partial charge >= 0.3 is 0 Å². The largest absolute Gasteiger partial charge is 0.494 e. The van der Waals surface area contributed by atoms with E-state index in [4.69, 9.17) is 10.5 Å². The van der Waals surface area contributed by atoms with Gasteiger partial charge in [-0.3, -0.25) is 0 Å². The zero-order valence-electron chi connectivity index (χ0n) is 11.1. The minimum Gasteiger partial charge on any atom is -0.494 e. The van der Waals surface area contributed by atoms with E-state index < -0.39 is 0 Å². The molecule has 0 saturated heterocycles. The third-order valence-corrected chi connectivity index (χ3v) is 3.05. The van der Waals surface area contributed by atoms with Crippen molar-refractivity contribution in [3.63, 3.8) is 0 Å². The van der Waals surface area contributed by atoms with E-state index >= 15 is 0 Å². The van der Waals surface area contributed by atoms with Gasteiger partial charge in [0.05, 0.1) is 6.61 Å². The average Bonchev–Trinajstić information content (AvgIpc) is 2.33. The van der Waals surface area contributed by atoms with Gasteiger partial charge in [0.15, 0.2) is 0 Å². The SMILES string of the molecule is CCOc1ccc(C(NC)C(C)CCN)cc1. The molecule has 1 aromatic rings. The molecule has 0 bridgehead atoms. The fraction of sp³-hybridized carbons (Fsp3) is 0.571. The Morgan fingerprint density at radius 1 is 1.29 bits per heavy atom. The maximum Gasteiger partial charge on any atom is 0.119 e. The average molecular weight is 236 g/mol. The van der Waals surface area contributed by atoms with E-state index in [9.17, 15) is 0 Å². The number of nitrogens with two attached hydrogens (primary N) is 1. The van der Waals surface area contributed by atoms with Crippen molar-refractivity contribution in [2.75, 3.05) is 20.2 Å². The van der Waals surface area contributed by atoms with Gasteiger partial charge in [-0.1, -0.05) is 19.1 Å². The Hall–Kier alpha value is -1.06. The zero-order valence-corrected chi connectivity index (χ0v) is 11.1. The fourth-order valence-corrected chi connectivity index (χ4v) is 2.15. The van der Waals surface area contributed by atoms with Crippen molar-refractivity contribution in [2.24, 2.45) is 11.7 Å². The molecule has 0 amide bonds. The van der Waals surface area contributed by atoms with Gasteiger partial charge in [0.25, 0.3) is 0 Å². The third-order valence-electron chi connectivity index (χ3n) is 3.05. The van der Waals surface area contributed by atoms with Crippen molar-refractivity contribution in [3.05, 3.63) is 29.8 Å². The highest BCUT2D eigenvalue weighted by atomic mass is 16.5. The summed E-state index contributed by atoms with van der Waals surface area (Å²) in [6, 6.07) is 8.66. The third kappa shape index (κ3) is 4.02. The van der Waals surface area contributed by atoms with E-state index in [1.807, 2.05) is 26.1 Å².